The van der Waals surface area contributed by atoms with Crippen LogP contribution in [0.5, 0.6) is 0 Å². The summed E-state index contributed by atoms with van der Waals surface area (Å²) in [5.74, 6) is 0.220. The molecule has 0 radical (unpaired) electrons. The number of anilines is 1. The number of likely N-dealkylation sites (tertiary alicyclic amines) is 1. The van der Waals surface area contributed by atoms with Crippen molar-refractivity contribution in [2.45, 2.75) is 62.8 Å². The molecule has 1 fully saturated rings. The van der Waals surface area contributed by atoms with E-state index >= 15 is 0 Å². The summed E-state index contributed by atoms with van der Waals surface area (Å²) >= 11 is 0. The Bertz CT molecular complexity index is 1460. The zero-order chi connectivity index (χ0) is 26.0. The van der Waals surface area contributed by atoms with Gasteiger partial charge in [-0.1, -0.05) is 0 Å². The Kier molecular flexibility index (Phi) is 6.03. The van der Waals surface area contributed by atoms with Crippen LogP contribution in [0.15, 0.2) is 41.4 Å². The number of piperidine rings is 1. The summed E-state index contributed by atoms with van der Waals surface area (Å²) in [6.07, 6.45) is 5.23. The number of aromatic nitrogens is 1. The van der Waals surface area contributed by atoms with Gasteiger partial charge >= 0.3 is 0 Å². The molecule has 3 aromatic rings. The first kappa shape index (κ1) is 25.0. The van der Waals surface area contributed by atoms with Crippen LogP contribution in [0, 0.1) is 12.7 Å². The lowest BCUT2D eigenvalue weighted by molar-refractivity contribution is -0.122. The molecular formula is C28H34FN3O3S. The molecule has 1 saturated heterocycles. The van der Waals surface area contributed by atoms with E-state index < -0.39 is 15.3 Å². The highest BCUT2D eigenvalue weighted by Gasteiger charge is 2.44. The van der Waals surface area contributed by atoms with Gasteiger partial charge < -0.3 is 9.88 Å². The second kappa shape index (κ2) is 8.70. The number of aryl methyl sites for hydroxylation is 1. The maximum absolute atomic E-state index is 14.0. The summed E-state index contributed by atoms with van der Waals surface area (Å²) in [4.78, 5) is 21.1. The van der Waals surface area contributed by atoms with Crippen molar-refractivity contribution in [3.05, 3.63) is 59.0 Å². The van der Waals surface area contributed by atoms with E-state index in [9.17, 15) is 17.6 Å². The normalized spacial score (nSPS) is 22.4. The minimum absolute atomic E-state index is 0.00656. The Hall–Kier alpha value is -2.71. The van der Waals surface area contributed by atoms with E-state index in [1.807, 2.05) is 37.9 Å². The maximum atomic E-state index is 14.0. The van der Waals surface area contributed by atoms with Crippen LogP contribution in [-0.2, 0) is 20.0 Å². The van der Waals surface area contributed by atoms with Crippen molar-refractivity contribution in [3.63, 3.8) is 0 Å². The van der Waals surface area contributed by atoms with Crippen LogP contribution in [0.25, 0.3) is 10.9 Å². The topological polar surface area (TPSA) is 73.5 Å². The number of rotatable bonds is 5. The number of H-pyrrole nitrogens is 1. The second-order valence-electron chi connectivity index (χ2n) is 11.0. The standard InChI is InChI=1S/C28H34FN3O3S/c1-17-14-19(22-16-30-26-18(2)24(29)8-7-21(22)26)10-11-31(17)12-13-32-25-9-6-20(36(5,34)35)15-23(25)28(3,4)27(32)33/h6-9,15-17,19,30H,10-14H2,1-5H3/t17-,19+/m1/s1. The van der Waals surface area contributed by atoms with Crippen LogP contribution in [0.1, 0.15) is 56.2 Å². The summed E-state index contributed by atoms with van der Waals surface area (Å²) in [7, 11) is -3.35. The van der Waals surface area contributed by atoms with Crippen LogP contribution in [0.2, 0.25) is 0 Å². The molecule has 0 bridgehead atoms. The minimum atomic E-state index is -3.35. The van der Waals surface area contributed by atoms with Gasteiger partial charge in [0.2, 0.25) is 5.91 Å². The summed E-state index contributed by atoms with van der Waals surface area (Å²) in [5.41, 5.74) is 3.61. The first-order chi connectivity index (χ1) is 16.9. The van der Waals surface area contributed by atoms with Gasteiger partial charge in [-0.05, 0) is 94.5 Å². The first-order valence-corrected chi connectivity index (χ1v) is 14.5. The number of aromatic amines is 1. The molecule has 1 amide bonds. The van der Waals surface area contributed by atoms with Crippen LogP contribution in [0.3, 0.4) is 0 Å². The van der Waals surface area contributed by atoms with Crippen molar-refractivity contribution in [3.8, 4) is 0 Å². The molecule has 2 aliphatic heterocycles. The molecule has 1 N–H and O–H groups in total. The number of carbonyl (C=O) groups excluding carboxylic acids is 1. The summed E-state index contributed by atoms with van der Waals surface area (Å²) in [6.45, 7) is 10.0. The molecule has 1 aromatic heterocycles. The fourth-order valence-corrected chi connectivity index (χ4v) is 6.66. The number of halogens is 1. The molecule has 3 heterocycles. The number of sulfone groups is 1. The molecule has 2 aliphatic rings. The van der Waals surface area contributed by atoms with Gasteiger partial charge in [0, 0.05) is 48.2 Å². The lowest BCUT2D eigenvalue weighted by atomic mass is 9.85. The number of nitrogens with one attached hydrogen (secondary N) is 1. The zero-order valence-corrected chi connectivity index (χ0v) is 22.4. The fourth-order valence-electron chi connectivity index (χ4n) is 6.01. The van der Waals surface area contributed by atoms with Gasteiger partial charge in [-0.15, -0.1) is 0 Å². The van der Waals surface area contributed by atoms with Crippen LogP contribution in [-0.4, -0.2) is 56.1 Å². The van der Waals surface area contributed by atoms with Crippen molar-refractivity contribution >= 4 is 32.3 Å². The van der Waals surface area contributed by atoms with E-state index in [2.05, 4.69) is 16.8 Å². The Balaban J connectivity index is 1.29. The Morgan fingerprint density at radius 2 is 1.92 bits per heavy atom. The molecule has 36 heavy (non-hydrogen) atoms. The minimum Gasteiger partial charge on any atom is -0.361 e. The molecule has 2 aromatic carbocycles. The third kappa shape index (κ3) is 4.04. The van der Waals surface area contributed by atoms with E-state index in [0.717, 1.165) is 48.1 Å². The second-order valence-corrected chi connectivity index (χ2v) is 13.0. The van der Waals surface area contributed by atoms with Crippen molar-refractivity contribution in [1.82, 2.24) is 9.88 Å². The van der Waals surface area contributed by atoms with E-state index in [4.69, 9.17) is 0 Å². The molecule has 192 valence electrons. The lowest BCUT2D eigenvalue weighted by Crippen LogP contribution is -2.46. The zero-order valence-electron chi connectivity index (χ0n) is 21.6. The van der Waals surface area contributed by atoms with E-state index in [1.54, 1.807) is 24.3 Å². The highest BCUT2D eigenvalue weighted by atomic mass is 32.2. The quantitative estimate of drug-likeness (QED) is 0.528. The van der Waals surface area contributed by atoms with E-state index in [1.165, 1.54) is 11.8 Å². The summed E-state index contributed by atoms with van der Waals surface area (Å²) < 4.78 is 38.1. The van der Waals surface area contributed by atoms with Gasteiger partial charge in [0.1, 0.15) is 5.82 Å². The van der Waals surface area contributed by atoms with Gasteiger partial charge in [-0.2, -0.15) is 0 Å². The van der Waals surface area contributed by atoms with Gasteiger partial charge in [-0.3, -0.25) is 9.69 Å². The molecule has 0 aliphatic carbocycles. The summed E-state index contributed by atoms with van der Waals surface area (Å²) in [5, 5.41) is 1.11. The number of nitrogens with zero attached hydrogens (tertiary/aromatic N) is 2. The molecule has 2 atom stereocenters. The van der Waals surface area contributed by atoms with Crippen molar-refractivity contribution in [2.24, 2.45) is 0 Å². The molecule has 5 rings (SSSR count). The van der Waals surface area contributed by atoms with Crippen LogP contribution in [0.4, 0.5) is 10.1 Å². The largest absolute Gasteiger partial charge is 0.361 e. The Labute approximate surface area is 212 Å². The first-order valence-electron chi connectivity index (χ1n) is 12.6. The summed E-state index contributed by atoms with van der Waals surface area (Å²) in [6, 6.07) is 8.81. The third-order valence-corrected chi connectivity index (χ3v) is 9.40. The van der Waals surface area contributed by atoms with Gasteiger partial charge in [-0.25, -0.2) is 12.8 Å². The smallest absolute Gasteiger partial charge is 0.237 e. The number of fused-ring (bicyclic) bond motifs is 2. The number of hydrogen-bond acceptors (Lipinski definition) is 4. The number of amides is 1. The average Bonchev–Trinajstić information content (AvgIpc) is 3.33. The predicted molar refractivity (Wildman–Crippen MR) is 141 cm³/mol. The Morgan fingerprint density at radius 1 is 1.17 bits per heavy atom. The molecule has 8 heteroatoms. The Morgan fingerprint density at radius 3 is 2.61 bits per heavy atom. The average molecular weight is 512 g/mol. The van der Waals surface area contributed by atoms with Gasteiger partial charge in [0.15, 0.2) is 9.84 Å². The van der Waals surface area contributed by atoms with Gasteiger partial charge in [0.05, 0.1) is 15.8 Å². The van der Waals surface area contributed by atoms with Crippen molar-refractivity contribution in [2.75, 3.05) is 30.8 Å². The van der Waals surface area contributed by atoms with Crippen molar-refractivity contribution < 1.29 is 17.6 Å². The number of benzene rings is 2. The highest BCUT2D eigenvalue weighted by molar-refractivity contribution is 7.90. The molecule has 0 spiro atoms. The SMILES string of the molecule is Cc1c(F)ccc2c([C@H]3CCN(CCN4C(=O)C(C)(C)c5cc(S(C)(=O)=O)ccc54)[C@H](C)C3)c[nH]c12. The van der Waals surface area contributed by atoms with Crippen molar-refractivity contribution in [1.29, 1.82) is 0 Å². The van der Waals surface area contributed by atoms with Gasteiger partial charge in [0.25, 0.3) is 0 Å². The highest BCUT2D eigenvalue weighted by Crippen LogP contribution is 2.43. The van der Waals surface area contributed by atoms with Crippen LogP contribution >= 0.6 is 0 Å². The molecule has 6 nitrogen and oxygen atoms in total. The monoisotopic (exact) mass is 511 g/mol. The number of hydrogen-bond donors (Lipinski definition) is 1. The van der Waals surface area contributed by atoms with E-state index in [0.29, 0.717) is 24.1 Å². The molecule has 0 unspecified atom stereocenters. The maximum Gasteiger partial charge on any atom is 0.237 e. The molecular weight excluding hydrogens is 477 g/mol. The lowest BCUT2D eigenvalue weighted by Gasteiger charge is -2.38. The third-order valence-electron chi connectivity index (χ3n) is 8.29. The number of carbonyl (C=O) groups is 1. The van der Waals surface area contributed by atoms with Crippen LogP contribution < -0.4 is 4.90 Å². The predicted octanol–water partition coefficient (Wildman–Crippen LogP) is 4.91. The fraction of sp³-hybridized carbons (Fsp3) is 0.464. The molecule has 0 saturated carbocycles. The van der Waals surface area contributed by atoms with E-state index in [-0.39, 0.29) is 16.6 Å².